The Labute approximate surface area is 82.0 Å². The average molecular weight is 321 g/mol. The summed E-state index contributed by atoms with van der Waals surface area (Å²) in [6.45, 7) is 1.93. The van der Waals surface area contributed by atoms with Crippen LogP contribution in [-0.2, 0) is 21.1 Å². The first-order valence-corrected chi connectivity index (χ1v) is 3.14. The SMILES string of the molecule is CCO.O.[CH3-].[CH3-].[CH3][AlH].[W+2]. The molecule has 0 heterocycles. The minimum atomic E-state index is 0. The minimum absolute atomic E-state index is 0. The van der Waals surface area contributed by atoms with Gasteiger partial charge in [-0.3, -0.25) is 0 Å². The minimum Gasteiger partial charge on any atom is -0.412 e. The van der Waals surface area contributed by atoms with Gasteiger partial charge in [-0.2, -0.15) is 0 Å². The van der Waals surface area contributed by atoms with Gasteiger partial charge in [0, 0.05) is 6.61 Å². The third-order valence-electron chi connectivity index (χ3n) is 0. The molecule has 0 aromatic rings. The normalized spacial score (nSPS) is 2.56. The zero-order valence-electron chi connectivity index (χ0n) is 6.77. The van der Waals surface area contributed by atoms with Gasteiger partial charge in [-0.05, 0) is 6.92 Å². The Bertz CT molecular complexity index is 14.9. The van der Waals surface area contributed by atoms with E-state index in [1.807, 2.05) is 22.1 Å². The summed E-state index contributed by atoms with van der Waals surface area (Å²) < 4.78 is 0. The van der Waals surface area contributed by atoms with Gasteiger partial charge in [0.25, 0.3) is 0 Å². The topological polar surface area (TPSA) is 51.7 Å². The number of aliphatic hydroxyl groups excluding tert-OH is 1. The van der Waals surface area contributed by atoms with Gasteiger partial charge in [0.05, 0.1) is 0 Å². The molecule has 0 aromatic heterocycles. The monoisotopic (exact) mass is 321 g/mol. The molecule has 0 aliphatic carbocycles. The molecule has 4 heteroatoms. The van der Waals surface area contributed by atoms with E-state index in [-0.39, 0.29) is 48.0 Å². The van der Waals surface area contributed by atoms with Gasteiger partial charge in [-0.15, -0.1) is 5.79 Å². The fourth-order valence-electron chi connectivity index (χ4n) is 0. The standard InChI is InChI=1S/C2H6O.3CH3.Al.H2O.W.H/c1-2-3;;;;;;;/h3H,2H2,1H3;3*1H3;;1H2;;/q;;2*-1;;;+2;. The quantitative estimate of drug-likeness (QED) is 0.496. The van der Waals surface area contributed by atoms with E-state index < -0.39 is 0 Å². The molecule has 0 aliphatic heterocycles. The number of aliphatic hydroxyl groups is 1. The van der Waals surface area contributed by atoms with E-state index in [1.165, 1.54) is 0 Å². The Morgan fingerprint density at radius 1 is 1.22 bits per heavy atom. The molecule has 59 valence electrons. The zero-order chi connectivity index (χ0) is 4.71. The largest absolute Gasteiger partial charge is 2.00 e. The molecule has 0 unspecified atom stereocenters. The molecule has 1 radical (unpaired) electrons. The third-order valence-corrected chi connectivity index (χ3v) is 0. The van der Waals surface area contributed by atoms with Crippen molar-refractivity contribution in [2.24, 2.45) is 0 Å². The van der Waals surface area contributed by atoms with Gasteiger partial charge < -0.3 is 25.4 Å². The summed E-state index contributed by atoms with van der Waals surface area (Å²) in [4.78, 5) is 0. The van der Waals surface area contributed by atoms with E-state index in [4.69, 9.17) is 5.11 Å². The molecular formula is C5H18AlO2W. The molecule has 0 spiro atoms. The van der Waals surface area contributed by atoms with E-state index in [0.717, 1.165) is 0 Å². The first kappa shape index (κ1) is 49.4. The maximum absolute atomic E-state index is 7.57. The molecule has 3 N–H and O–H groups in total. The van der Waals surface area contributed by atoms with E-state index in [0.29, 0.717) is 0 Å². The van der Waals surface area contributed by atoms with Gasteiger partial charge in [0.2, 0.25) is 0 Å². The van der Waals surface area contributed by atoms with E-state index >= 15 is 0 Å². The van der Waals surface area contributed by atoms with Crippen LogP contribution < -0.4 is 0 Å². The molecule has 0 saturated heterocycles. The van der Waals surface area contributed by atoms with Crippen LogP contribution in [0.15, 0.2) is 0 Å². The molecule has 0 aromatic carbocycles. The van der Waals surface area contributed by atoms with Gasteiger partial charge in [-0.25, -0.2) is 0 Å². The number of hydrogen-bond donors (Lipinski definition) is 1. The summed E-state index contributed by atoms with van der Waals surface area (Å²) in [5.74, 6) is 2.03. The van der Waals surface area contributed by atoms with Gasteiger partial charge >= 0.3 is 21.1 Å². The second kappa shape index (κ2) is 132. The van der Waals surface area contributed by atoms with E-state index in [1.54, 1.807) is 6.92 Å². The van der Waals surface area contributed by atoms with Crippen LogP contribution in [0.1, 0.15) is 6.92 Å². The van der Waals surface area contributed by atoms with Crippen LogP contribution in [0.25, 0.3) is 0 Å². The van der Waals surface area contributed by atoms with Crippen molar-refractivity contribution in [1.82, 2.24) is 0 Å². The van der Waals surface area contributed by atoms with Crippen molar-refractivity contribution in [3.8, 4) is 0 Å². The van der Waals surface area contributed by atoms with Crippen molar-refractivity contribution in [3.05, 3.63) is 14.9 Å². The van der Waals surface area contributed by atoms with Crippen LogP contribution >= 0.6 is 0 Å². The van der Waals surface area contributed by atoms with Crippen molar-refractivity contribution in [2.45, 2.75) is 12.7 Å². The maximum atomic E-state index is 7.57. The summed E-state index contributed by atoms with van der Waals surface area (Å²) in [5, 5.41) is 7.57. The summed E-state index contributed by atoms with van der Waals surface area (Å²) in [5.41, 5.74) is 0. The Hall–Kier alpha value is 1.14. The third kappa shape index (κ3) is 358. The molecule has 0 rings (SSSR count). The molecule has 0 bridgehead atoms. The van der Waals surface area contributed by atoms with Crippen LogP contribution in [0.5, 0.6) is 0 Å². The van der Waals surface area contributed by atoms with Crippen molar-refractivity contribution in [2.75, 3.05) is 6.61 Å². The summed E-state index contributed by atoms with van der Waals surface area (Å²) in [6.07, 6.45) is 0. The van der Waals surface area contributed by atoms with E-state index in [2.05, 4.69) is 0 Å². The maximum Gasteiger partial charge on any atom is 2.00 e. The number of rotatable bonds is 0. The second-order valence-electron chi connectivity index (χ2n) is 0.316. The van der Waals surface area contributed by atoms with Crippen LogP contribution in [0.4, 0.5) is 0 Å². The molecule has 0 fully saturated rings. The fraction of sp³-hybridized carbons (Fsp3) is 0.600. The van der Waals surface area contributed by atoms with Crippen LogP contribution in [-0.4, -0.2) is 33.5 Å². The Kier molecular flexibility index (Phi) is 726. The Balaban J connectivity index is -0.00000000357. The van der Waals surface area contributed by atoms with Crippen LogP contribution in [0.3, 0.4) is 0 Å². The first-order valence-electron chi connectivity index (χ1n) is 1.73. The summed E-state index contributed by atoms with van der Waals surface area (Å²) >= 11 is 1.86. The van der Waals surface area contributed by atoms with Gasteiger partial charge in [0.1, 0.15) is 0 Å². The predicted molar refractivity (Wildman–Crippen MR) is 42.2 cm³/mol. The second-order valence-corrected chi connectivity index (χ2v) is 0.316. The zero-order valence-corrected chi connectivity index (χ0v) is 11.1. The van der Waals surface area contributed by atoms with Crippen molar-refractivity contribution < 1.29 is 31.6 Å². The smallest absolute Gasteiger partial charge is 0.412 e. The number of hydrogen-bond acceptors (Lipinski definition) is 1. The van der Waals surface area contributed by atoms with Gasteiger partial charge in [0.15, 0.2) is 16.3 Å². The summed E-state index contributed by atoms with van der Waals surface area (Å²) in [7, 11) is 0. The molecule has 0 saturated carbocycles. The van der Waals surface area contributed by atoms with E-state index in [9.17, 15) is 0 Å². The average Bonchev–Trinajstić information content (AvgIpc) is 1.46. The van der Waals surface area contributed by atoms with Crippen LogP contribution in [0, 0.1) is 14.9 Å². The molecular weight excluding hydrogens is 303 g/mol. The van der Waals surface area contributed by atoms with Crippen LogP contribution in [0.2, 0.25) is 5.79 Å². The predicted octanol–water partition coefficient (Wildman–Crippen LogP) is 0.00728. The van der Waals surface area contributed by atoms with Crippen molar-refractivity contribution >= 4 is 16.3 Å². The van der Waals surface area contributed by atoms with Gasteiger partial charge in [-0.1, -0.05) is 0 Å². The Morgan fingerprint density at radius 3 is 1.22 bits per heavy atom. The molecule has 9 heavy (non-hydrogen) atoms. The van der Waals surface area contributed by atoms with Crippen molar-refractivity contribution in [3.63, 3.8) is 0 Å². The molecule has 0 aliphatic rings. The van der Waals surface area contributed by atoms with Crippen molar-refractivity contribution in [1.29, 1.82) is 0 Å². The molecule has 0 atom stereocenters. The molecule has 2 nitrogen and oxygen atoms in total. The summed E-state index contributed by atoms with van der Waals surface area (Å²) in [6, 6.07) is 0. The Morgan fingerprint density at radius 2 is 1.22 bits per heavy atom. The molecule has 0 amide bonds. The first-order chi connectivity index (χ1) is 2.41. The fourth-order valence-corrected chi connectivity index (χ4v) is 0.